The van der Waals surface area contributed by atoms with Gasteiger partial charge in [0, 0.05) is 5.02 Å². The summed E-state index contributed by atoms with van der Waals surface area (Å²) < 4.78 is 37.4. The molecule has 2 aromatic carbocycles. The Morgan fingerprint density at radius 1 is 1.16 bits per heavy atom. The van der Waals surface area contributed by atoms with Crippen molar-refractivity contribution in [2.24, 2.45) is 4.99 Å². The summed E-state index contributed by atoms with van der Waals surface area (Å²) in [6, 6.07) is 10.8. The van der Waals surface area contributed by atoms with Gasteiger partial charge in [-0.15, -0.1) is 0 Å². The fraction of sp³-hybridized carbons (Fsp3) is 0.250. The number of ether oxygens (including phenoxy) is 2. The fourth-order valence-electron chi connectivity index (χ4n) is 2.79. The molecule has 3 rings (SSSR count). The maximum absolute atomic E-state index is 12.6. The molecule has 1 heterocycles. The molecule has 0 radical (unpaired) electrons. The highest BCUT2D eigenvalue weighted by molar-refractivity contribution is 7.92. The van der Waals surface area contributed by atoms with Gasteiger partial charge in [-0.25, -0.2) is 8.42 Å². The first-order valence-electron chi connectivity index (χ1n) is 9.12. The number of hydrogen-bond acceptors (Lipinski definition) is 7. The molecule has 0 bridgehead atoms. The van der Waals surface area contributed by atoms with Crippen molar-refractivity contribution < 1.29 is 27.5 Å². The molecule has 0 unspecified atom stereocenters. The van der Waals surface area contributed by atoms with Crippen molar-refractivity contribution in [3.05, 3.63) is 52.3 Å². The summed E-state index contributed by atoms with van der Waals surface area (Å²) >= 11 is 7.16. The van der Waals surface area contributed by atoms with Crippen molar-refractivity contribution in [2.45, 2.75) is 18.4 Å². The topological polar surface area (TPSA) is 104 Å². The van der Waals surface area contributed by atoms with E-state index in [0.29, 0.717) is 21.0 Å². The number of esters is 1. The summed E-state index contributed by atoms with van der Waals surface area (Å²) in [6.45, 7) is 1.72. The SMILES string of the molecule is CCOC(=O)Cn1c(=NC(=O)CS(=O)(=O)c2ccc(OC)cc2)sc2cc(Cl)ccc21. The quantitative estimate of drug-likeness (QED) is 0.479. The van der Waals surface area contributed by atoms with Gasteiger partial charge in [-0.3, -0.25) is 9.59 Å². The fourth-order valence-corrected chi connectivity index (χ4v) is 5.22. The van der Waals surface area contributed by atoms with Gasteiger partial charge in [-0.05, 0) is 49.4 Å². The lowest BCUT2D eigenvalue weighted by molar-refractivity contribution is -0.143. The van der Waals surface area contributed by atoms with Crippen LogP contribution >= 0.6 is 22.9 Å². The average molecular weight is 483 g/mol. The van der Waals surface area contributed by atoms with E-state index in [4.69, 9.17) is 21.1 Å². The van der Waals surface area contributed by atoms with Crippen LogP contribution in [0.25, 0.3) is 10.2 Å². The Morgan fingerprint density at radius 3 is 2.52 bits per heavy atom. The largest absolute Gasteiger partial charge is 0.497 e. The second kappa shape index (κ2) is 9.63. The standard InChI is InChI=1S/C20H19ClN2O6S2/c1-3-29-19(25)11-23-16-9-4-13(21)10-17(16)30-20(23)22-18(24)12-31(26,27)15-7-5-14(28-2)6-8-15/h4-10H,3,11-12H2,1-2H3. The first-order chi connectivity index (χ1) is 14.7. The number of rotatable bonds is 7. The molecule has 0 N–H and O–H groups in total. The summed E-state index contributed by atoms with van der Waals surface area (Å²) in [6.07, 6.45) is 0. The van der Waals surface area contributed by atoms with Gasteiger partial charge in [0.1, 0.15) is 18.0 Å². The van der Waals surface area contributed by atoms with E-state index < -0.39 is 27.5 Å². The lowest BCUT2D eigenvalue weighted by Gasteiger charge is -2.05. The van der Waals surface area contributed by atoms with Crippen molar-refractivity contribution in [2.75, 3.05) is 19.5 Å². The van der Waals surface area contributed by atoms with Crippen molar-refractivity contribution in [1.29, 1.82) is 0 Å². The lowest BCUT2D eigenvalue weighted by Crippen LogP contribution is -2.24. The van der Waals surface area contributed by atoms with E-state index in [1.165, 1.54) is 35.9 Å². The number of methoxy groups -OCH3 is 1. The molecule has 1 amide bonds. The Kier molecular flexibility index (Phi) is 7.14. The number of nitrogens with zero attached hydrogens (tertiary/aromatic N) is 2. The Labute approximate surface area is 187 Å². The van der Waals surface area contributed by atoms with Crippen LogP contribution < -0.4 is 9.54 Å². The van der Waals surface area contributed by atoms with Crippen LogP contribution in [0, 0.1) is 0 Å². The third-order valence-electron chi connectivity index (χ3n) is 4.19. The van der Waals surface area contributed by atoms with E-state index >= 15 is 0 Å². The van der Waals surface area contributed by atoms with Gasteiger partial charge in [0.05, 0.1) is 28.8 Å². The summed E-state index contributed by atoms with van der Waals surface area (Å²) in [7, 11) is -2.43. The molecule has 0 aliphatic carbocycles. The third-order valence-corrected chi connectivity index (χ3v) is 7.08. The molecule has 0 atom stereocenters. The zero-order valence-electron chi connectivity index (χ0n) is 16.7. The molecule has 0 spiro atoms. The lowest BCUT2D eigenvalue weighted by atomic mass is 10.3. The minimum absolute atomic E-state index is 0.0145. The average Bonchev–Trinajstić information content (AvgIpc) is 3.03. The molecular weight excluding hydrogens is 464 g/mol. The van der Waals surface area contributed by atoms with Crippen LogP contribution in [-0.4, -0.2) is 44.3 Å². The minimum atomic E-state index is -3.90. The van der Waals surface area contributed by atoms with Gasteiger partial charge in [0.15, 0.2) is 14.6 Å². The molecule has 0 aliphatic heterocycles. The molecule has 11 heteroatoms. The van der Waals surface area contributed by atoms with E-state index in [1.807, 2.05) is 0 Å². The van der Waals surface area contributed by atoms with Gasteiger partial charge >= 0.3 is 5.97 Å². The Morgan fingerprint density at radius 2 is 1.87 bits per heavy atom. The highest BCUT2D eigenvalue weighted by atomic mass is 35.5. The van der Waals surface area contributed by atoms with E-state index in [-0.39, 0.29) is 22.8 Å². The normalized spacial score (nSPS) is 12.2. The van der Waals surface area contributed by atoms with Crippen LogP contribution in [0.4, 0.5) is 0 Å². The van der Waals surface area contributed by atoms with Crippen molar-refractivity contribution in [3.63, 3.8) is 0 Å². The van der Waals surface area contributed by atoms with E-state index in [2.05, 4.69) is 4.99 Å². The second-order valence-corrected chi connectivity index (χ2v) is 9.76. The molecule has 8 nitrogen and oxygen atoms in total. The minimum Gasteiger partial charge on any atom is -0.497 e. The monoisotopic (exact) mass is 482 g/mol. The van der Waals surface area contributed by atoms with Gasteiger partial charge in [-0.1, -0.05) is 22.9 Å². The van der Waals surface area contributed by atoms with Gasteiger partial charge in [-0.2, -0.15) is 4.99 Å². The number of amides is 1. The van der Waals surface area contributed by atoms with Crippen molar-refractivity contribution in [3.8, 4) is 5.75 Å². The zero-order valence-corrected chi connectivity index (χ0v) is 19.1. The number of halogens is 1. The molecule has 1 aromatic heterocycles. The predicted molar refractivity (Wildman–Crippen MR) is 117 cm³/mol. The predicted octanol–water partition coefficient (Wildman–Crippen LogP) is 2.83. The first kappa shape index (κ1) is 23.0. The highest BCUT2D eigenvalue weighted by Gasteiger charge is 2.20. The van der Waals surface area contributed by atoms with Gasteiger partial charge in [0.25, 0.3) is 5.91 Å². The highest BCUT2D eigenvalue weighted by Crippen LogP contribution is 2.22. The summed E-state index contributed by atoms with van der Waals surface area (Å²) in [5, 5.41) is 0.483. The summed E-state index contributed by atoms with van der Waals surface area (Å²) in [5.41, 5.74) is 0.631. The van der Waals surface area contributed by atoms with Crippen LogP contribution in [0.15, 0.2) is 52.4 Å². The van der Waals surface area contributed by atoms with Crippen LogP contribution in [-0.2, 0) is 30.7 Å². The van der Waals surface area contributed by atoms with E-state index in [9.17, 15) is 18.0 Å². The Bertz CT molecular complexity index is 1290. The van der Waals surface area contributed by atoms with Crippen LogP contribution in [0.3, 0.4) is 0 Å². The molecule has 164 valence electrons. The number of hydrogen-bond donors (Lipinski definition) is 0. The van der Waals surface area contributed by atoms with Gasteiger partial charge < -0.3 is 14.0 Å². The number of fused-ring (bicyclic) bond motifs is 1. The van der Waals surface area contributed by atoms with Crippen molar-refractivity contribution in [1.82, 2.24) is 4.57 Å². The zero-order chi connectivity index (χ0) is 22.6. The first-order valence-corrected chi connectivity index (χ1v) is 12.0. The summed E-state index contributed by atoms with van der Waals surface area (Å²) in [5.74, 6) is -1.67. The molecule has 0 aliphatic rings. The Hall–Kier alpha value is -2.69. The smallest absolute Gasteiger partial charge is 0.326 e. The maximum atomic E-state index is 12.6. The molecular formula is C20H19ClN2O6S2. The molecule has 0 saturated carbocycles. The number of sulfone groups is 1. The number of benzene rings is 2. The second-order valence-electron chi connectivity index (χ2n) is 6.33. The van der Waals surface area contributed by atoms with E-state index in [0.717, 1.165) is 11.3 Å². The van der Waals surface area contributed by atoms with Crippen LogP contribution in [0.5, 0.6) is 5.75 Å². The number of aromatic nitrogens is 1. The molecule has 0 fully saturated rings. The van der Waals surface area contributed by atoms with Crippen molar-refractivity contribution >= 4 is 54.9 Å². The number of thiazole rings is 1. The number of carbonyl (C=O) groups excluding carboxylic acids is 2. The Balaban J connectivity index is 1.96. The van der Waals surface area contributed by atoms with Gasteiger partial charge in [0.2, 0.25) is 0 Å². The van der Waals surface area contributed by atoms with E-state index in [1.54, 1.807) is 25.1 Å². The molecule has 31 heavy (non-hydrogen) atoms. The third kappa shape index (κ3) is 5.52. The molecule has 3 aromatic rings. The van der Waals surface area contributed by atoms with Crippen LogP contribution in [0.2, 0.25) is 5.02 Å². The number of carbonyl (C=O) groups is 2. The van der Waals surface area contributed by atoms with Crippen LogP contribution in [0.1, 0.15) is 6.92 Å². The maximum Gasteiger partial charge on any atom is 0.326 e. The summed E-state index contributed by atoms with van der Waals surface area (Å²) in [4.78, 5) is 28.7. The molecule has 0 saturated heterocycles.